The molecule has 1 aromatic carbocycles. The minimum absolute atomic E-state index is 0.159. The molecule has 0 radical (unpaired) electrons. The Morgan fingerprint density at radius 2 is 1.83 bits per heavy atom. The summed E-state index contributed by atoms with van der Waals surface area (Å²) >= 11 is 0. The fraction of sp³-hybridized carbons (Fsp3) is 0.696. The molecule has 0 saturated carbocycles. The van der Waals surface area contributed by atoms with Gasteiger partial charge in [0.1, 0.15) is 0 Å². The third kappa shape index (κ3) is 6.34. The van der Waals surface area contributed by atoms with Crippen LogP contribution in [0.3, 0.4) is 0 Å². The number of aliphatic imine (C=N–C) groups is 1. The van der Waals surface area contributed by atoms with E-state index in [-0.39, 0.29) is 11.5 Å². The molecule has 2 aliphatic heterocycles. The third-order valence-electron chi connectivity index (χ3n) is 5.83. The van der Waals surface area contributed by atoms with Crippen molar-refractivity contribution >= 4 is 11.6 Å². The van der Waals surface area contributed by atoms with E-state index in [1.807, 2.05) is 7.05 Å². The maximum atomic E-state index is 6.10. The van der Waals surface area contributed by atoms with Crippen molar-refractivity contribution < 1.29 is 9.47 Å². The second kappa shape index (κ2) is 10.3. The normalized spacial score (nSPS) is 23.7. The highest BCUT2D eigenvalue weighted by Crippen LogP contribution is 2.33. The molecule has 2 atom stereocenters. The van der Waals surface area contributed by atoms with Crippen LogP contribution in [0.5, 0.6) is 0 Å². The molecule has 2 unspecified atom stereocenters. The van der Waals surface area contributed by atoms with Crippen LogP contribution in [0.1, 0.15) is 39.2 Å². The lowest BCUT2D eigenvalue weighted by molar-refractivity contribution is -0.0835. The molecule has 0 aromatic heterocycles. The lowest BCUT2D eigenvalue weighted by Crippen LogP contribution is -2.47. The van der Waals surface area contributed by atoms with Crippen LogP contribution in [0.15, 0.2) is 29.3 Å². The molecule has 2 N–H and O–H groups in total. The monoisotopic (exact) mass is 402 g/mol. The minimum Gasteiger partial charge on any atom is -0.378 e. The summed E-state index contributed by atoms with van der Waals surface area (Å²) in [6.45, 7) is 12.9. The number of rotatable bonds is 5. The molecule has 2 fully saturated rings. The number of hydrogen-bond acceptors (Lipinski definition) is 4. The van der Waals surface area contributed by atoms with Gasteiger partial charge < -0.3 is 25.0 Å². The van der Waals surface area contributed by atoms with Gasteiger partial charge in [-0.1, -0.05) is 32.9 Å². The van der Waals surface area contributed by atoms with Gasteiger partial charge in [0.25, 0.3) is 0 Å². The maximum absolute atomic E-state index is 6.10. The predicted octanol–water partition coefficient (Wildman–Crippen LogP) is 3.03. The molecular weight excluding hydrogens is 364 g/mol. The largest absolute Gasteiger partial charge is 0.378 e. The van der Waals surface area contributed by atoms with Crippen molar-refractivity contribution in [3.8, 4) is 0 Å². The summed E-state index contributed by atoms with van der Waals surface area (Å²) in [4.78, 5) is 6.77. The average molecular weight is 403 g/mol. The fourth-order valence-corrected chi connectivity index (χ4v) is 4.29. The molecule has 0 bridgehead atoms. The summed E-state index contributed by atoms with van der Waals surface area (Å²) in [6, 6.07) is 8.78. The van der Waals surface area contributed by atoms with Gasteiger partial charge in [0.15, 0.2) is 5.96 Å². The summed E-state index contributed by atoms with van der Waals surface area (Å²) in [5, 5.41) is 6.95. The molecule has 2 saturated heterocycles. The Hall–Kier alpha value is -1.79. The smallest absolute Gasteiger partial charge is 0.191 e. The molecule has 1 aromatic rings. The maximum Gasteiger partial charge on any atom is 0.191 e. The SMILES string of the molecule is CN=C(NCc1ccc(N2CCOCC2)cc1)NCC1CCCOC1C(C)(C)C. The molecule has 0 aliphatic carbocycles. The Balaban J connectivity index is 1.47. The van der Waals surface area contributed by atoms with Crippen LogP contribution in [-0.4, -0.2) is 58.6 Å². The van der Waals surface area contributed by atoms with Crippen LogP contribution in [0.25, 0.3) is 0 Å². The molecule has 0 amide bonds. The molecule has 3 rings (SSSR count). The Labute approximate surface area is 176 Å². The van der Waals surface area contributed by atoms with E-state index >= 15 is 0 Å². The van der Waals surface area contributed by atoms with Gasteiger partial charge in [-0.05, 0) is 36.0 Å². The van der Waals surface area contributed by atoms with Crippen LogP contribution in [0.4, 0.5) is 5.69 Å². The van der Waals surface area contributed by atoms with E-state index in [1.54, 1.807) is 0 Å². The molecule has 6 heteroatoms. The van der Waals surface area contributed by atoms with Crippen LogP contribution in [-0.2, 0) is 16.0 Å². The number of morpholine rings is 1. The molecule has 0 spiro atoms. The van der Waals surface area contributed by atoms with Crippen LogP contribution in [0, 0.1) is 11.3 Å². The number of hydrogen-bond donors (Lipinski definition) is 2. The Morgan fingerprint density at radius 1 is 1.10 bits per heavy atom. The number of benzene rings is 1. The van der Waals surface area contributed by atoms with Crippen LogP contribution in [0.2, 0.25) is 0 Å². The average Bonchev–Trinajstić information content (AvgIpc) is 2.74. The van der Waals surface area contributed by atoms with Gasteiger partial charge in [-0.15, -0.1) is 0 Å². The highest BCUT2D eigenvalue weighted by molar-refractivity contribution is 5.79. The quantitative estimate of drug-likeness (QED) is 0.586. The van der Waals surface area contributed by atoms with Gasteiger partial charge in [0.05, 0.1) is 19.3 Å². The van der Waals surface area contributed by atoms with Crippen molar-refractivity contribution in [2.75, 3.05) is 51.4 Å². The topological polar surface area (TPSA) is 58.1 Å². The number of anilines is 1. The number of ether oxygens (including phenoxy) is 2. The van der Waals surface area contributed by atoms with Crippen molar-refractivity contribution in [1.82, 2.24) is 10.6 Å². The van der Waals surface area contributed by atoms with Crippen molar-refractivity contribution in [3.05, 3.63) is 29.8 Å². The van der Waals surface area contributed by atoms with E-state index < -0.39 is 0 Å². The first-order valence-corrected chi connectivity index (χ1v) is 10.9. The zero-order valence-corrected chi connectivity index (χ0v) is 18.5. The zero-order valence-electron chi connectivity index (χ0n) is 18.5. The molecule has 29 heavy (non-hydrogen) atoms. The molecule has 162 valence electrons. The second-order valence-corrected chi connectivity index (χ2v) is 9.13. The van der Waals surface area contributed by atoms with Gasteiger partial charge in [-0.25, -0.2) is 0 Å². The Kier molecular flexibility index (Phi) is 7.78. The minimum atomic E-state index is 0.159. The van der Waals surface area contributed by atoms with E-state index in [4.69, 9.17) is 9.47 Å². The van der Waals surface area contributed by atoms with Crippen molar-refractivity contribution in [2.45, 2.75) is 46.3 Å². The Morgan fingerprint density at radius 3 is 2.48 bits per heavy atom. The van der Waals surface area contributed by atoms with Gasteiger partial charge in [-0.2, -0.15) is 0 Å². The van der Waals surface area contributed by atoms with E-state index in [2.05, 4.69) is 65.6 Å². The predicted molar refractivity (Wildman–Crippen MR) is 120 cm³/mol. The first-order chi connectivity index (χ1) is 14.0. The lowest BCUT2D eigenvalue weighted by Gasteiger charge is -2.40. The summed E-state index contributed by atoms with van der Waals surface area (Å²) in [6.07, 6.45) is 2.63. The Bertz CT molecular complexity index is 648. The van der Waals surface area contributed by atoms with E-state index in [1.165, 1.54) is 17.7 Å². The summed E-state index contributed by atoms with van der Waals surface area (Å²) in [5.74, 6) is 1.36. The van der Waals surface area contributed by atoms with Gasteiger partial charge in [0, 0.05) is 51.4 Å². The van der Waals surface area contributed by atoms with Crippen LogP contribution < -0.4 is 15.5 Å². The number of guanidine groups is 1. The summed E-state index contributed by atoms with van der Waals surface area (Å²) in [7, 11) is 1.83. The number of nitrogens with one attached hydrogen (secondary N) is 2. The lowest BCUT2D eigenvalue weighted by atomic mass is 9.78. The zero-order chi connectivity index (χ0) is 20.7. The molecule has 6 nitrogen and oxygen atoms in total. The summed E-state index contributed by atoms with van der Waals surface area (Å²) in [5.41, 5.74) is 2.68. The van der Waals surface area contributed by atoms with Crippen LogP contribution >= 0.6 is 0 Å². The second-order valence-electron chi connectivity index (χ2n) is 9.13. The van der Waals surface area contributed by atoms with E-state index in [9.17, 15) is 0 Å². The van der Waals surface area contributed by atoms with Gasteiger partial charge >= 0.3 is 0 Å². The first kappa shape index (κ1) is 21.9. The van der Waals surface area contributed by atoms with Gasteiger partial charge in [-0.3, -0.25) is 4.99 Å². The highest BCUT2D eigenvalue weighted by atomic mass is 16.5. The van der Waals surface area contributed by atoms with Gasteiger partial charge in [0.2, 0.25) is 0 Å². The molecule has 2 aliphatic rings. The van der Waals surface area contributed by atoms with E-state index in [0.717, 1.165) is 58.4 Å². The standard InChI is InChI=1S/C23H38N4O2/c1-23(2,3)21-19(6-5-13-29-21)17-26-22(24-4)25-16-18-7-9-20(10-8-18)27-11-14-28-15-12-27/h7-10,19,21H,5-6,11-17H2,1-4H3,(H2,24,25,26). The third-order valence-corrected chi connectivity index (χ3v) is 5.83. The van der Waals surface area contributed by atoms with Crippen molar-refractivity contribution in [1.29, 1.82) is 0 Å². The fourth-order valence-electron chi connectivity index (χ4n) is 4.29. The first-order valence-electron chi connectivity index (χ1n) is 10.9. The molecular formula is C23H38N4O2. The number of nitrogens with zero attached hydrogens (tertiary/aromatic N) is 2. The van der Waals surface area contributed by atoms with Crippen molar-refractivity contribution in [2.24, 2.45) is 16.3 Å². The van der Waals surface area contributed by atoms with Crippen molar-refractivity contribution in [3.63, 3.8) is 0 Å². The van der Waals surface area contributed by atoms with E-state index in [0.29, 0.717) is 5.92 Å². The highest BCUT2D eigenvalue weighted by Gasteiger charge is 2.35. The summed E-state index contributed by atoms with van der Waals surface area (Å²) < 4.78 is 11.5. The molecule has 2 heterocycles.